The Morgan fingerprint density at radius 2 is 2.07 bits per heavy atom. The second-order valence-corrected chi connectivity index (χ2v) is 3.24. The van der Waals surface area contributed by atoms with Gasteiger partial charge in [-0.05, 0) is 12.1 Å². The van der Waals surface area contributed by atoms with E-state index in [9.17, 15) is 0 Å². The summed E-state index contributed by atoms with van der Waals surface area (Å²) in [5.74, 6) is 0. The molecule has 0 N–H and O–H groups in total. The molecule has 2 aromatic heterocycles. The molecule has 0 bridgehead atoms. The Labute approximate surface area is 84.2 Å². The normalized spacial score (nSPS) is 11.2. The minimum atomic E-state index is 0.376. The number of hydrogen-bond donors (Lipinski definition) is 0. The number of fused-ring (bicyclic) bond motifs is 3. The average Bonchev–Trinajstić information content (AvgIpc) is 2.67. The van der Waals surface area contributed by atoms with Crippen molar-refractivity contribution in [1.29, 1.82) is 0 Å². The van der Waals surface area contributed by atoms with E-state index < -0.39 is 0 Å². The molecule has 0 unspecified atom stereocenters. The highest BCUT2D eigenvalue weighted by molar-refractivity contribution is 6.32. The van der Waals surface area contributed by atoms with E-state index in [2.05, 4.69) is 15.1 Å². The summed E-state index contributed by atoms with van der Waals surface area (Å²) >= 11 is 5.94. The van der Waals surface area contributed by atoms with E-state index in [1.807, 2.05) is 24.3 Å². The van der Waals surface area contributed by atoms with Gasteiger partial charge in [0.2, 0.25) is 0 Å². The minimum Gasteiger partial charge on any atom is -0.231 e. The lowest BCUT2D eigenvalue weighted by Crippen LogP contribution is -1.93. The Hall–Kier alpha value is -1.68. The third-order valence-corrected chi connectivity index (χ3v) is 2.31. The summed E-state index contributed by atoms with van der Waals surface area (Å²) in [6.07, 6.45) is 1.47. The highest BCUT2D eigenvalue weighted by Crippen LogP contribution is 2.18. The molecule has 0 aliphatic rings. The molecule has 0 saturated carbocycles. The van der Waals surface area contributed by atoms with Crippen molar-refractivity contribution in [2.75, 3.05) is 0 Å². The largest absolute Gasteiger partial charge is 0.231 e. The van der Waals surface area contributed by atoms with Gasteiger partial charge in [-0.25, -0.2) is 14.5 Å². The molecular formula is C9H5ClN4. The molecule has 3 aromatic rings. The van der Waals surface area contributed by atoms with Crippen molar-refractivity contribution >= 4 is 28.3 Å². The highest BCUT2D eigenvalue weighted by Gasteiger charge is 2.06. The van der Waals surface area contributed by atoms with Crippen LogP contribution in [-0.4, -0.2) is 19.6 Å². The van der Waals surface area contributed by atoms with Gasteiger partial charge < -0.3 is 0 Å². The van der Waals surface area contributed by atoms with Crippen molar-refractivity contribution < 1.29 is 0 Å². The lowest BCUT2D eigenvalue weighted by molar-refractivity contribution is 0.995. The van der Waals surface area contributed by atoms with Crippen LogP contribution in [0.4, 0.5) is 0 Å². The number of hydrogen-bond acceptors (Lipinski definition) is 3. The van der Waals surface area contributed by atoms with Gasteiger partial charge >= 0.3 is 0 Å². The third kappa shape index (κ3) is 0.914. The molecule has 0 atom stereocenters. The van der Waals surface area contributed by atoms with E-state index in [-0.39, 0.29) is 0 Å². The van der Waals surface area contributed by atoms with Gasteiger partial charge in [0.05, 0.1) is 11.0 Å². The zero-order chi connectivity index (χ0) is 9.54. The summed E-state index contributed by atoms with van der Waals surface area (Å²) in [5.41, 5.74) is 2.31. The van der Waals surface area contributed by atoms with E-state index in [1.165, 1.54) is 6.33 Å². The molecular weight excluding hydrogens is 200 g/mol. The van der Waals surface area contributed by atoms with Crippen molar-refractivity contribution in [3.63, 3.8) is 0 Å². The fourth-order valence-electron chi connectivity index (χ4n) is 1.45. The molecule has 2 heterocycles. The molecule has 0 radical (unpaired) electrons. The van der Waals surface area contributed by atoms with Crippen LogP contribution in [0.1, 0.15) is 0 Å². The molecule has 68 valence electrons. The van der Waals surface area contributed by atoms with Crippen LogP contribution in [0.5, 0.6) is 0 Å². The van der Waals surface area contributed by atoms with Gasteiger partial charge in [-0.3, -0.25) is 0 Å². The second kappa shape index (κ2) is 2.65. The van der Waals surface area contributed by atoms with Crippen LogP contribution in [0.2, 0.25) is 5.15 Å². The fraction of sp³-hybridized carbons (Fsp3) is 0. The molecule has 0 aliphatic heterocycles. The quantitative estimate of drug-likeness (QED) is 0.562. The lowest BCUT2D eigenvalue weighted by atomic mass is 10.3. The van der Waals surface area contributed by atoms with Crippen molar-refractivity contribution in [2.45, 2.75) is 0 Å². The maximum atomic E-state index is 5.94. The maximum absolute atomic E-state index is 5.94. The first kappa shape index (κ1) is 7.70. The first-order chi connectivity index (χ1) is 6.86. The zero-order valence-electron chi connectivity index (χ0n) is 7.05. The Balaban J connectivity index is 2.66. The predicted octanol–water partition coefficient (Wildman–Crippen LogP) is 1.93. The zero-order valence-corrected chi connectivity index (χ0v) is 7.81. The molecule has 0 aliphatic carbocycles. The topological polar surface area (TPSA) is 43.1 Å². The Morgan fingerprint density at radius 3 is 3.00 bits per heavy atom. The summed E-state index contributed by atoms with van der Waals surface area (Å²) in [5, 5.41) is 4.46. The number of benzene rings is 1. The van der Waals surface area contributed by atoms with E-state index >= 15 is 0 Å². The average molecular weight is 205 g/mol. The maximum Gasteiger partial charge on any atom is 0.193 e. The van der Waals surface area contributed by atoms with Crippen LogP contribution in [0.3, 0.4) is 0 Å². The summed E-state index contributed by atoms with van der Waals surface area (Å²) in [6.45, 7) is 0. The molecule has 14 heavy (non-hydrogen) atoms. The van der Waals surface area contributed by atoms with Crippen molar-refractivity contribution in [1.82, 2.24) is 19.6 Å². The number of nitrogens with zero attached hydrogens (tertiary/aromatic N) is 4. The Morgan fingerprint density at radius 1 is 1.21 bits per heavy atom. The van der Waals surface area contributed by atoms with Gasteiger partial charge in [0.15, 0.2) is 10.8 Å². The standard InChI is InChI=1S/C9H5ClN4/c10-8-9-11-5-12-14(9)7-4-2-1-3-6(7)13-8/h1-5H. The molecule has 0 amide bonds. The van der Waals surface area contributed by atoms with Crippen LogP contribution in [0.25, 0.3) is 16.7 Å². The van der Waals surface area contributed by atoms with Crippen LogP contribution in [0, 0.1) is 0 Å². The monoisotopic (exact) mass is 204 g/mol. The van der Waals surface area contributed by atoms with E-state index in [4.69, 9.17) is 11.6 Å². The Bertz CT molecular complexity index is 616. The lowest BCUT2D eigenvalue weighted by Gasteiger charge is -2.00. The molecule has 0 saturated heterocycles. The van der Waals surface area contributed by atoms with Gasteiger partial charge in [-0.1, -0.05) is 23.7 Å². The van der Waals surface area contributed by atoms with Crippen molar-refractivity contribution in [3.8, 4) is 0 Å². The first-order valence-electron chi connectivity index (χ1n) is 4.10. The van der Waals surface area contributed by atoms with E-state index in [0.29, 0.717) is 10.8 Å². The van der Waals surface area contributed by atoms with Gasteiger partial charge in [0.25, 0.3) is 0 Å². The van der Waals surface area contributed by atoms with Gasteiger partial charge in [0, 0.05) is 0 Å². The number of halogens is 1. The highest BCUT2D eigenvalue weighted by atomic mass is 35.5. The van der Waals surface area contributed by atoms with Crippen molar-refractivity contribution in [3.05, 3.63) is 35.7 Å². The number of rotatable bonds is 0. The molecule has 3 rings (SSSR count). The van der Waals surface area contributed by atoms with Gasteiger partial charge in [0.1, 0.15) is 6.33 Å². The van der Waals surface area contributed by atoms with Crippen LogP contribution >= 0.6 is 11.6 Å². The first-order valence-corrected chi connectivity index (χ1v) is 4.48. The van der Waals surface area contributed by atoms with Crippen LogP contribution in [0.15, 0.2) is 30.6 Å². The third-order valence-electron chi connectivity index (χ3n) is 2.06. The summed E-state index contributed by atoms with van der Waals surface area (Å²) < 4.78 is 1.69. The van der Waals surface area contributed by atoms with Gasteiger partial charge in [-0.15, -0.1) is 0 Å². The molecule has 1 aromatic carbocycles. The smallest absolute Gasteiger partial charge is 0.193 e. The Kier molecular flexibility index (Phi) is 1.46. The van der Waals surface area contributed by atoms with Crippen LogP contribution < -0.4 is 0 Å². The summed E-state index contributed by atoms with van der Waals surface area (Å²) in [7, 11) is 0. The molecule has 0 spiro atoms. The second-order valence-electron chi connectivity index (χ2n) is 2.89. The molecule has 5 heteroatoms. The van der Waals surface area contributed by atoms with Crippen LogP contribution in [-0.2, 0) is 0 Å². The summed E-state index contributed by atoms with van der Waals surface area (Å²) in [4.78, 5) is 8.24. The summed E-state index contributed by atoms with van der Waals surface area (Å²) in [6, 6.07) is 7.66. The van der Waals surface area contributed by atoms with Crippen molar-refractivity contribution in [2.24, 2.45) is 0 Å². The SMILES string of the molecule is Clc1nc2ccccc2n2ncnc12. The van der Waals surface area contributed by atoms with E-state index in [0.717, 1.165) is 11.0 Å². The molecule has 0 fully saturated rings. The number of aromatic nitrogens is 4. The van der Waals surface area contributed by atoms with Gasteiger partial charge in [-0.2, -0.15) is 5.10 Å². The fourth-order valence-corrected chi connectivity index (χ4v) is 1.67. The minimum absolute atomic E-state index is 0.376. The van der Waals surface area contributed by atoms with E-state index in [1.54, 1.807) is 4.52 Å². The molecule has 4 nitrogen and oxygen atoms in total. The predicted molar refractivity (Wildman–Crippen MR) is 53.3 cm³/mol. The number of para-hydroxylation sites is 2.